The quantitative estimate of drug-likeness (QED) is 0.706. The molecule has 2 aromatic rings. The van der Waals surface area contributed by atoms with Crippen molar-refractivity contribution in [2.24, 2.45) is 0 Å². The Bertz CT molecular complexity index is 997. The first kappa shape index (κ1) is 23.4. The highest BCUT2D eigenvalue weighted by Gasteiger charge is 2.32. The number of aryl methyl sites for hydroxylation is 1. The molecular weight excluding hydrogens is 410 g/mol. The van der Waals surface area contributed by atoms with Crippen LogP contribution in [0.1, 0.15) is 44.2 Å². The SMILES string of the molecule is CC[C@H](C)c1ccccc1NC(=O)[C@@H](C)N1CCN(S(=O)(=O)c2ccc(C)cc2)CC1. The summed E-state index contributed by atoms with van der Waals surface area (Å²) in [4.78, 5) is 15.3. The van der Waals surface area contributed by atoms with E-state index in [1.807, 2.05) is 49.1 Å². The molecule has 6 nitrogen and oxygen atoms in total. The third kappa shape index (κ3) is 5.34. The van der Waals surface area contributed by atoms with Gasteiger partial charge in [-0.05, 0) is 49.9 Å². The van der Waals surface area contributed by atoms with Crippen LogP contribution in [0.15, 0.2) is 53.4 Å². The second kappa shape index (κ2) is 9.94. The normalized spacial score (nSPS) is 17.8. The number of hydrogen-bond acceptors (Lipinski definition) is 4. The highest BCUT2D eigenvalue weighted by Crippen LogP contribution is 2.27. The number of benzene rings is 2. The molecule has 1 amide bonds. The first-order valence-electron chi connectivity index (χ1n) is 10.9. The number of nitrogens with zero attached hydrogens (tertiary/aromatic N) is 2. The van der Waals surface area contributed by atoms with E-state index in [9.17, 15) is 13.2 Å². The molecule has 168 valence electrons. The minimum Gasteiger partial charge on any atom is -0.324 e. The topological polar surface area (TPSA) is 69.7 Å². The fraction of sp³-hybridized carbons (Fsp3) is 0.458. The fourth-order valence-electron chi connectivity index (χ4n) is 3.85. The summed E-state index contributed by atoms with van der Waals surface area (Å²) < 4.78 is 27.3. The molecule has 0 bridgehead atoms. The summed E-state index contributed by atoms with van der Waals surface area (Å²) in [6.07, 6.45) is 1.000. The summed E-state index contributed by atoms with van der Waals surface area (Å²) >= 11 is 0. The van der Waals surface area contributed by atoms with Crippen LogP contribution in [0.4, 0.5) is 5.69 Å². The van der Waals surface area contributed by atoms with E-state index in [1.165, 1.54) is 4.31 Å². The van der Waals surface area contributed by atoms with Crippen molar-refractivity contribution in [3.05, 3.63) is 59.7 Å². The molecule has 1 aliphatic rings. The van der Waals surface area contributed by atoms with Crippen LogP contribution in [0.5, 0.6) is 0 Å². The van der Waals surface area contributed by atoms with Crippen molar-refractivity contribution in [3.63, 3.8) is 0 Å². The van der Waals surface area contributed by atoms with Crippen molar-refractivity contribution in [2.75, 3.05) is 31.5 Å². The highest BCUT2D eigenvalue weighted by atomic mass is 32.2. The van der Waals surface area contributed by atoms with Gasteiger partial charge in [-0.15, -0.1) is 0 Å². The van der Waals surface area contributed by atoms with Gasteiger partial charge in [-0.3, -0.25) is 9.69 Å². The Labute approximate surface area is 186 Å². The van der Waals surface area contributed by atoms with Crippen molar-refractivity contribution in [3.8, 4) is 0 Å². The van der Waals surface area contributed by atoms with Crippen LogP contribution in [0, 0.1) is 6.92 Å². The summed E-state index contributed by atoms with van der Waals surface area (Å²) in [5.74, 6) is 0.299. The van der Waals surface area contributed by atoms with Crippen molar-refractivity contribution in [1.82, 2.24) is 9.21 Å². The molecule has 0 radical (unpaired) electrons. The second-order valence-electron chi connectivity index (χ2n) is 8.31. The Morgan fingerprint density at radius 3 is 2.23 bits per heavy atom. The molecule has 0 saturated carbocycles. The number of rotatable bonds is 7. The van der Waals surface area contributed by atoms with Crippen LogP contribution in [-0.4, -0.2) is 55.8 Å². The molecule has 2 aromatic carbocycles. The number of carbonyl (C=O) groups is 1. The first-order valence-corrected chi connectivity index (χ1v) is 12.4. The zero-order valence-corrected chi connectivity index (χ0v) is 19.7. The Morgan fingerprint density at radius 2 is 1.61 bits per heavy atom. The molecule has 31 heavy (non-hydrogen) atoms. The average molecular weight is 444 g/mol. The molecule has 1 fully saturated rings. The van der Waals surface area contributed by atoms with Gasteiger partial charge in [0.25, 0.3) is 0 Å². The molecule has 1 N–H and O–H groups in total. The van der Waals surface area contributed by atoms with Crippen LogP contribution in [0.25, 0.3) is 0 Å². The zero-order valence-electron chi connectivity index (χ0n) is 18.8. The van der Waals surface area contributed by atoms with Gasteiger partial charge >= 0.3 is 0 Å². The van der Waals surface area contributed by atoms with Crippen molar-refractivity contribution < 1.29 is 13.2 Å². The fourth-order valence-corrected chi connectivity index (χ4v) is 5.28. The number of sulfonamides is 1. The summed E-state index contributed by atoms with van der Waals surface area (Å²) in [6, 6.07) is 14.5. The lowest BCUT2D eigenvalue weighted by Crippen LogP contribution is -2.53. The molecule has 0 aromatic heterocycles. The number of amides is 1. The van der Waals surface area contributed by atoms with E-state index in [0.717, 1.165) is 23.2 Å². The van der Waals surface area contributed by atoms with Crippen LogP contribution < -0.4 is 5.32 Å². The van der Waals surface area contributed by atoms with E-state index < -0.39 is 10.0 Å². The number of para-hydroxylation sites is 1. The molecule has 2 atom stereocenters. The zero-order chi connectivity index (χ0) is 22.6. The Balaban J connectivity index is 1.62. The maximum Gasteiger partial charge on any atom is 0.243 e. The van der Waals surface area contributed by atoms with Gasteiger partial charge in [0.15, 0.2) is 0 Å². The van der Waals surface area contributed by atoms with E-state index in [-0.39, 0.29) is 11.9 Å². The molecular formula is C24H33N3O3S. The smallest absolute Gasteiger partial charge is 0.243 e. The molecule has 0 aliphatic carbocycles. The largest absolute Gasteiger partial charge is 0.324 e. The molecule has 0 unspecified atom stereocenters. The standard InChI is InChI=1S/C24H33N3O3S/c1-5-19(3)22-8-6-7-9-23(22)25-24(28)20(4)26-14-16-27(17-15-26)31(29,30)21-12-10-18(2)11-13-21/h6-13,19-20H,5,14-17H2,1-4H3,(H,25,28)/t19-,20+/m0/s1. The Morgan fingerprint density at radius 1 is 1.00 bits per heavy atom. The molecule has 7 heteroatoms. The maximum atomic E-state index is 12.9. The number of carbonyl (C=O) groups excluding carboxylic acids is 1. The Kier molecular flexibility index (Phi) is 7.51. The molecule has 3 rings (SSSR count). The van der Waals surface area contributed by atoms with Crippen LogP contribution >= 0.6 is 0 Å². The third-order valence-corrected chi connectivity index (χ3v) is 8.13. The van der Waals surface area contributed by atoms with E-state index >= 15 is 0 Å². The van der Waals surface area contributed by atoms with Crippen LogP contribution in [0.3, 0.4) is 0 Å². The minimum absolute atomic E-state index is 0.0643. The lowest BCUT2D eigenvalue weighted by molar-refractivity contribution is -0.121. The summed E-state index contributed by atoms with van der Waals surface area (Å²) in [7, 11) is -3.51. The van der Waals surface area contributed by atoms with Crippen molar-refractivity contribution in [2.45, 2.75) is 51.0 Å². The number of anilines is 1. The van der Waals surface area contributed by atoms with Crippen molar-refractivity contribution in [1.29, 1.82) is 0 Å². The molecule has 1 saturated heterocycles. The maximum absolute atomic E-state index is 12.9. The van der Waals surface area contributed by atoms with Gasteiger partial charge < -0.3 is 5.32 Å². The van der Waals surface area contributed by atoms with Crippen LogP contribution in [-0.2, 0) is 14.8 Å². The highest BCUT2D eigenvalue weighted by molar-refractivity contribution is 7.89. The molecule has 0 spiro atoms. The molecule has 1 heterocycles. The third-order valence-electron chi connectivity index (χ3n) is 6.22. The summed E-state index contributed by atoms with van der Waals surface area (Å²) in [6.45, 7) is 9.89. The minimum atomic E-state index is -3.51. The van der Waals surface area contributed by atoms with E-state index in [4.69, 9.17) is 0 Å². The first-order chi connectivity index (χ1) is 14.7. The van der Waals surface area contributed by atoms with E-state index in [2.05, 4.69) is 25.2 Å². The van der Waals surface area contributed by atoms with Crippen molar-refractivity contribution >= 4 is 21.6 Å². The molecule has 1 aliphatic heterocycles. The van der Waals surface area contributed by atoms with E-state index in [1.54, 1.807) is 12.1 Å². The number of hydrogen-bond donors (Lipinski definition) is 1. The Hall–Kier alpha value is -2.22. The predicted octanol–water partition coefficient (Wildman–Crippen LogP) is 3.84. The average Bonchev–Trinajstić information content (AvgIpc) is 2.78. The van der Waals surface area contributed by atoms with Gasteiger partial charge in [0.2, 0.25) is 15.9 Å². The van der Waals surface area contributed by atoms with Gasteiger partial charge in [0.1, 0.15) is 0 Å². The number of nitrogens with one attached hydrogen (secondary N) is 1. The van der Waals surface area contributed by atoms with Gasteiger partial charge in [0, 0.05) is 31.9 Å². The monoisotopic (exact) mass is 443 g/mol. The van der Waals surface area contributed by atoms with Gasteiger partial charge in [-0.1, -0.05) is 49.7 Å². The number of piperazine rings is 1. The predicted molar refractivity (Wildman–Crippen MR) is 125 cm³/mol. The summed E-state index contributed by atoms with van der Waals surface area (Å²) in [5, 5.41) is 3.08. The lowest BCUT2D eigenvalue weighted by Gasteiger charge is -2.36. The van der Waals surface area contributed by atoms with Crippen LogP contribution in [0.2, 0.25) is 0 Å². The van der Waals surface area contributed by atoms with Gasteiger partial charge in [-0.2, -0.15) is 4.31 Å². The van der Waals surface area contributed by atoms with Gasteiger partial charge in [0.05, 0.1) is 10.9 Å². The van der Waals surface area contributed by atoms with E-state index in [0.29, 0.717) is 37.0 Å². The lowest BCUT2D eigenvalue weighted by atomic mass is 9.97. The summed E-state index contributed by atoms with van der Waals surface area (Å²) in [5.41, 5.74) is 3.02. The van der Waals surface area contributed by atoms with Gasteiger partial charge in [-0.25, -0.2) is 8.42 Å². The second-order valence-corrected chi connectivity index (χ2v) is 10.3.